The minimum Gasteiger partial charge on any atom is -0.410 e. The molecule has 0 aliphatic carbocycles. The normalized spacial score (nSPS) is 15.8. The van der Waals surface area contributed by atoms with Gasteiger partial charge in [0, 0.05) is 32.7 Å². The van der Waals surface area contributed by atoms with Crippen molar-refractivity contribution in [3.63, 3.8) is 0 Å². The number of rotatable bonds is 3. The van der Waals surface area contributed by atoms with Gasteiger partial charge in [-0.3, -0.25) is 4.90 Å². The van der Waals surface area contributed by atoms with Crippen LogP contribution in [0.5, 0.6) is 5.75 Å². The fraction of sp³-hybridized carbons (Fsp3) is 0.316. The summed E-state index contributed by atoms with van der Waals surface area (Å²) in [6, 6.07) is 15.7. The summed E-state index contributed by atoms with van der Waals surface area (Å²) in [6.07, 6.45) is 0.593. The minimum atomic E-state index is -0.301. The number of halogens is 1. The summed E-state index contributed by atoms with van der Waals surface area (Å²) in [7, 11) is 0. The summed E-state index contributed by atoms with van der Waals surface area (Å²) < 4.78 is 18.4. The van der Waals surface area contributed by atoms with Crippen LogP contribution in [0.4, 0.5) is 9.18 Å². The summed E-state index contributed by atoms with van der Waals surface area (Å²) in [5.74, 6) is 0.347. The monoisotopic (exact) mass is 328 g/mol. The van der Waals surface area contributed by atoms with Crippen molar-refractivity contribution in [2.75, 3.05) is 26.2 Å². The predicted octanol–water partition coefficient (Wildman–Crippen LogP) is 3.53. The van der Waals surface area contributed by atoms with Gasteiger partial charge < -0.3 is 9.64 Å². The zero-order valence-corrected chi connectivity index (χ0v) is 13.5. The lowest BCUT2D eigenvalue weighted by atomic mass is 10.2. The Morgan fingerprint density at radius 2 is 1.71 bits per heavy atom. The van der Waals surface area contributed by atoms with Crippen LogP contribution in [0.15, 0.2) is 54.6 Å². The molecule has 0 bridgehead atoms. The summed E-state index contributed by atoms with van der Waals surface area (Å²) in [4.78, 5) is 16.3. The average molecular weight is 328 g/mol. The maximum Gasteiger partial charge on any atom is 0.415 e. The second-order valence-corrected chi connectivity index (χ2v) is 5.92. The highest BCUT2D eigenvalue weighted by atomic mass is 19.1. The third kappa shape index (κ3) is 4.55. The molecule has 4 nitrogen and oxygen atoms in total. The largest absolute Gasteiger partial charge is 0.415 e. The van der Waals surface area contributed by atoms with Crippen molar-refractivity contribution in [3.05, 3.63) is 66.0 Å². The van der Waals surface area contributed by atoms with Gasteiger partial charge in [0.1, 0.15) is 11.6 Å². The molecule has 3 rings (SSSR count). The van der Waals surface area contributed by atoms with Crippen molar-refractivity contribution in [3.8, 4) is 5.75 Å². The Bertz CT molecular complexity index is 661. The van der Waals surface area contributed by atoms with Crippen LogP contribution in [0.2, 0.25) is 0 Å². The highest BCUT2D eigenvalue weighted by molar-refractivity contribution is 5.70. The van der Waals surface area contributed by atoms with E-state index in [9.17, 15) is 9.18 Å². The van der Waals surface area contributed by atoms with Crippen molar-refractivity contribution in [2.45, 2.75) is 13.0 Å². The van der Waals surface area contributed by atoms with Gasteiger partial charge in [0.05, 0.1) is 0 Å². The van der Waals surface area contributed by atoms with Crippen LogP contribution in [0, 0.1) is 5.82 Å². The summed E-state index contributed by atoms with van der Waals surface area (Å²) in [5.41, 5.74) is 1.08. The summed E-state index contributed by atoms with van der Waals surface area (Å²) >= 11 is 0. The zero-order valence-electron chi connectivity index (χ0n) is 13.5. The molecule has 2 aromatic carbocycles. The smallest absolute Gasteiger partial charge is 0.410 e. The van der Waals surface area contributed by atoms with Gasteiger partial charge in [-0.05, 0) is 36.2 Å². The van der Waals surface area contributed by atoms with Crippen molar-refractivity contribution >= 4 is 6.09 Å². The molecular weight excluding hydrogens is 307 g/mol. The molecule has 1 fully saturated rings. The Morgan fingerprint density at radius 3 is 2.46 bits per heavy atom. The Balaban J connectivity index is 1.52. The molecule has 1 saturated heterocycles. The molecule has 24 heavy (non-hydrogen) atoms. The molecule has 0 saturated carbocycles. The van der Waals surface area contributed by atoms with Crippen molar-refractivity contribution in [1.82, 2.24) is 9.80 Å². The quantitative estimate of drug-likeness (QED) is 0.864. The zero-order chi connectivity index (χ0) is 16.8. The minimum absolute atomic E-state index is 0.218. The van der Waals surface area contributed by atoms with E-state index in [1.807, 2.05) is 30.3 Å². The first-order chi connectivity index (χ1) is 11.7. The molecule has 1 heterocycles. The van der Waals surface area contributed by atoms with E-state index >= 15 is 0 Å². The van der Waals surface area contributed by atoms with Crippen LogP contribution in [0.3, 0.4) is 0 Å². The number of amides is 1. The third-order valence-electron chi connectivity index (χ3n) is 4.11. The molecule has 1 amide bonds. The Kier molecular flexibility index (Phi) is 5.43. The maximum absolute atomic E-state index is 13.0. The summed E-state index contributed by atoms with van der Waals surface area (Å²) in [6.45, 7) is 3.77. The Labute approximate surface area is 141 Å². The highest BCUT2D eigenvalue weighted by Crippen LogP contribution is 2.13. The summed E-state index contributed by atoms with van der Waals surface area (Å²) in [5, 5.41) is 0. The number of hydrogen-bond donors (Lipinski definition) is 0. The number of benzene rings is 2. The lowest BCUT2D eigenvalue weighted by Gasteiger charge is -2.21. The first-order valence-electron chi connectivity index (χ1n) is 8.19. The molecule has 0 N–H and O–H groups in total. The van der Waals surface area contributed by atoms with E-state index in [1.165, 1.54) is 12.1 Å². The third-order valence-corrected chi connectivity index (χ3v) is 4.11. The van der Waals surface area contributed by atoms with Gasteiger partial charge in [0.15, 0.2) is 0 Å². The van der Waals surface area contributed by atoms with Crippen molar-refractivity contribution in [1.29, 1.82) is 0 Å². The van der Waals surface area contributed by atoms with Crippen LogP contribution in [-0.4, -0.2) is 42.1 Å². The highest BCUT2D eigenvalue weighted by Gasteiger charge is 2.20. The van der Waals surface area contributed by atoms with E-state index in [0.717, 1.165) is 31.6 Å². The van der Waals surface area contributed by atoms with E-state index in [2.05, 4.69) is 4.90 Å². The molecule has 2 aromatic rings. The van der Waals surface area contributed by atoms with Crippen LogP contribution in [-0.2, 0) is 6.54 Å². The molecule has 0 atom stereocenters. The number of carbonyl (C=O) groups excluding carboxylic acids is 1. The molecule has 0 aromatic heterocycles. The van der Waals surface area contributed by atoms with Gasteiger partial charge in [0.25, 0.3) is 0 Å². The second-order valence-electron chi connectivity index (χ2n) is 5.92. The molecule has 0 radical (unpaired) electrons. The predicted molar refractivity (Wildman–Crippen MR) is 90.3 cm³/mol. The van der Waals surface area contributed by atoms with Gasteiger partial charge in [-0.2, -0.15) is 0 Å². The average Bonchev–Trinajstić information content (AvgIpc) is 2.83. The van der Waals surface area contributed by atoms with Gasteiger partial charge >= 0.3 is 6.09 Å². The van der Waals surface area contributed by atoms with Gasteiger partial charge in [-0.25, -0.2) is 9.18 Å². The van der Waals surface area contributed by atoms with Crippen LogP contribution in [0.25, 0.3) is 0 Å². The first-order valence-corrected chi connectivity index (χ1v) is 8.19. The van der Waals surface area contributed by atoms with E-state index in [0.29, 0.717) is 18.8 Å². The van der Waals surface area contributed by atoms with E-state index < -0.39 is 0 Å². The fourth-order valence-corrected chi connectivity index (χ4v) is 2.81. The number of nitrogens with zero attached hydrogens (tertiary/aromatic N) is 2. The number of hydrogen-bond acceptors (Lipinski definition) is 3. The second kappa shape index (κ2) is 7.93. The molecule has 126 valence electrons. The van der Waals surface area contributed by atoms with Crippen LogP contribution >= 0.6 is 0 Å². The standard InChI is InChI=1S/C19H21FN2O2/c20-17-9-7-16(8-10-17)15-21-11-4-12-22(14-13-21)19(23)24-18-5-2-1-3-6-18/h1-3,5-10H,4,11-15H2. The van der Waals surface area contributed by atoms with Crippen molar-refractivity contribution in [2.24, 2.45) is 0 Å². The molecule has 5 heteroatoms. The topological polar surface area (TPSA) is 32.8 Å². The first kappa shape index (κ1) is 16.5. The number of carbonyl (C=O) groups is 1. The van der Waals surface area contributed by atoms with Gasteiger partial charge in [-0.15, -0.1) is 0 Å². The van der Waals surface area contributed by atoms with E-state index in [-0.39, 0.29) is 11.9 Å². The number of ether oxygens (including phenoxy) is 1. The van der Waals surface area contributed by atoms with Gasteiger partial charge in [-0.1, -0.05) is 30.3 Å². The molecule has 1 aliphatic heterocycles. The van der Waals surface area contributed by atoms with Gasteiger partial charge in [0.2, 0.25) is 0 Å². The molecular formula is C19H21FN2O2. The van der Waals surface area contributed by atoms with Crippen LogP contribution < -0.4 is 4.74 Å². The van der Waals surface area contributed by atoms with E-state index in [1.54, 1.807) is 17.0 Å². The Hall–Kier alpha value is -2.40. The molecule has 0 unspecified atom stereocenters. The Morgan fingerprint density at radius 1 is 0.958 bits per heavy atom. The molecule has 0 spiro atoms. The lowest BCUT2D eigenvalue weighted by molar-refractivity contribution is 0.153. The van der Waals surface area contributed by atoms with E-state index in [4.69, 9.17) is 4.74 Å². The number of para-hydroxylation sites is 1. The molecule has 1 aliphatic rings. The SMILES string of the molecule is O=C(Oc1ccccc1)N1CCCN(Cc2ccc(F)cc2)CC1. The fourth-order valence-electron chi connectivity index (χ4n) is 2.81. The van der Waals surface area contributed by atoms with Crippen molar-refractivity contribution < 1.29 is 13.9 Å². The van der Waals surface area contributed by atoms with Crippen LogP contribution in [0.1, 0.15) is 12.0 Å². The maximum atomic E-state index is 13.0. The lowest BCUT2D eigenvalue weighted by Crippen LogP contribution is -2.36.